The molecule has 1 amide bonds. The molecular weight excluding hydrogens is 500 g/mol. The van der Waals surface area contributed by atoms with Crippen molar-refractivity contribution >= 4 is 35.7 Å². The molecule has 202 valence electrons. The number of ether oxygens (including phenoxy) is 5. The number of benzene rings is 2. The van der Waals surface area contributed by atoms with E-state index in [4.69, 9.17) is 4.74 Å². The molecule has 1 aliphatic heterocycles. The van der Waals surface area contributed by atoms with Crippen LogP contribution >= 0.6 is 0 Å². The molecule has 2 aromatic carbocycles. The molecule has 0 aliphatic carbocycles. The van der Waals surface area contributed by atoms with Crippen LogP contribution in [0.2, 0.25) is 0 Å². The molecule has 0 aromatic heterocycles. The van der Waals surface area contributed by atoms with Gasteiger partial charge >= 0.3 is 23.9 Å². The average Bonchev–Trinajstić information content (AvgIpc) is 3.42. The van der Waals surface area contributed by atoms with Gasteiger partial charge in [0.25, 0.3) is 5.91 Å². The fraction of sp³-hybridized carbons (Fsp3) is 0.308. The van der Waals surface area contributed by atoms with Crippen molar-refractivity contribution in [2.24, 2.45) is 4.99 Å². The molecule has 3 atom stereocenters. The van der Waals surface area contributed by atoms with E-state index in [1.165, 1.54) is 28.4 Å². The predicted molar refractivity (Wildman–Crippen MR) is 132 cm³/mol. The Morgan fingerprint density at radius 2 is 1.39 bits per heavy atom. The highest BCUT2D eigenvalue weighted by molar-refractivity contribution is 6.01. The van der Waals surface area contributed by atoms with Crippen LogP contribution in [0.15, 0.2) is 65.7 Å². The molecule has 1 aliphatic rings. The van der Waals surface area contributed by atoms with Gasteiger partial charge in [-0.2, -0.15) is 0 Å². The van der Waals surface area contributed by atoms with Crippen LogP contribution in [-0.2, 0) is 42.9 Å². The van der Waals surface area contributed by atoms with Crippen molar-refractivity contribution in [2.45, 2.75) is 24.6 Å². The standard InChI is InChI=1S/C13H13NO5.C13H15NO5/c1-17-12(15)9-10(13(16)18-2)19-11(14-9)8-6-4-3-5-7-8;1-18-11(15)8-10(13(17)19-2)14-12(16)9-6-4-3-5-7-9/h3-7,9-10H,1-2H3;3-7,10H,8H2,1-2H3,(H,14,16)/t9-,10-;10-/m00/s1. The number of rotatable bonds is 8. The average molecular weight is 529 g/mol. The Morgan fingerprint density at radius 1 is 0.816 bits per heavy atom. The summed E-state index contributed by atoms with van der Waals surface area (Å²) in [6.07, 6.45) is -1.38. The first-order valence-electron chi connectivity index (χ1n) is 11.2. The summed E-state index contributed by atoms with van der Waals surface area (Å²) < 4.78 is 23.6. The molecule has 0 fully saturated rings. The predicted octanol–water partition coefficient (Wildman–Crippen LogP) is 1.07. The van der Waals surface area contributed by atoms with Crippen molar-refractivity contribution in [3.63, 3.8) is 0 Å². The van der Waals surface area contributed by atoms with Gasteiger partial charge in [-0.1, -0.05) is 36.4 Å². The lowest BCUT2D eigenvalue weighted by Gasteiger charge is -2.15. The first-order chi connectivity index (χ1) is 18.2. The number of hydrogen-bond acceptors (Lipinski definition) is 11. The normalized spacial score (nSPS) is 16.3. The van der Waals surface area contributed by atoms with Crippen LogP contribution in [0.3, 0.4) is 0 Å². The highest BCUT2D eigenvalue weighted by Crippen LogP contribution is 2.20. The SMILES string of the molecule is COC(=O)C[C@H](NC(=O)c1ccccc1)C(=O)OC.COC(=O)[C@H]1N=C(c2ccccc2)O[C@@H]1C(=O)OC. The lowest BCUT2D eigenvalue weighted by molar-refractivity contribution is -0.156. The van der Waals surface area contributed by atoms with Gasteiger partial charge in [0.1, 0.15) is 6.04 Å². The number of amides is 1. The number of methoxy groups -OCH3 is 4. The van der Waals surface area contributed by atoms with Gasteiger partial charge in [0.2, 0.25) is 12.0 Å². The summed E-state index contributed by atoms with van der Waals surface area (Å²) in [4.78, 5) is 61.8. The van der Waals surface area contributed by atoms with Crippen LogP contribution in [-0.4, -0.2) is 82.3 Å². The summed E-state index contributed by atoms with van der Waals surface area (Å²) in [6, 6.07) is 15.3. The molecule has 0 radical (unpaired) electrons. The van der Waals surface area contributed by atoms with Crippen LogP contribution in [0.25, 0.3) is 0 Å². The second-order valence-electron chi connectivity index (χ2n) is 7.53. The number of aliphatic imine (C=N–C) groups is 1. The second kappa shape index (κ2) is 14.7. The number of nitrogens with one attached hydrogen (secondary N) is 1. The van der Waals surface area contributed by atoms with Gasteiger partial charge in [-0.15, -0.1) is 0 Å². The van der Waals surface area contributed by atoms with Crippen LogP contribution in [0, 0.1) is 0 Å². The minimum absolute atomic E-state index is 0.228. The Hall–Kier alpha value is -4.74. The fourth-order valence-electron chi connectivity index (χ4n) is 3.14. The number of nitrogens with zero attached hydrogens (tertiary/aromatic N) is 1. The Balaban J connectivity index is 0.000000267. The third-order valence-corrected chi connectivity index (χ3v) is 5.10. The van der Waals surface area contributed by atoms with E-state index in [0.717, 1.165) is 0 Å². The van der Waals surface area contributed by atoms with Crippen molar-refractivity contribution in [1.29, 1.82) is 0 Å². The number of carbonyl (C=O) groups excluding carboxylic acids is 5. The summed E-state index contributed by atoms with van der Waals surface area (Å²) in [7, 11) is 4.84. The van der Waals surface area contributed by atoms with E-state index in [-0.39, 0.29) is 12.3 Å². The largest absolute Gasteiger partial charge is 0.469 e. The zero-order valence-electron chi connectivity index (χ0n) is 21.2. The summed E-state index contributed by atoms with van der Waals surface area (Å²) in [5, 5.41) is 2.43. The van der Waals surface area contributed by atoms with Gasteiger partial charge in [-0.05, 0) is 24.3 Å². The Bertz CT molecular complexity index is 1150. The van der Waals surface area contributed by atoms with E-state index in [0.29, 0.717) is 11.1 Å². The van der Waals surface area contributed by atoms with Gasteiger partial charge in [-0.3, -0.25) is 9.59 Å². The molecule has 0 saturated heterocycles. The highest BCUT2D eigenvalue weighted by atomic mass is 16.6. The first-order valence-corrected chi connectivity index (χ1v) is 11.2. The molecule has 1 N–H and O–H groups in total. The maximum atomic E-state index is 11.9. The van der Waals surface area contributed by atoms with Crippen molar-refractivity contribution in [3.8, 4) is 0 Å². The zero-order valence-corrected chi connectivity index (χ0v) is 21.2. The topological polar surface area (TPSA) is 156 Å². The van der Waals surface area contributed by atoms with Crippen molar-refractivity contribution in [3.05, 3.63) is 71.8 Å². The van der Waals surface area contributed by atoms with E-state index in [1.54, 1.807) is 54.6 Å². The number of hydrogen-bond donors (Lipinski definition) is 1. The van der Waals surface area contributed by atoms with E-state index < -0.39 is 48.0 Å². The molecule has 38 heavy (non-hydrogen) atoms. The minimum atomic E-state index is -1.10. The molecule has 12 nitrogen and oxygen atoms in total. The lowest BCUT2D eigenvalue weighted by atomic mass is 10.1. The summed E-state index contributed by atoms with van der Waals surface area (Å²) >= 11 is 0. The molecule has 0 bridgehead atoms. The van der Waals surface area contributed by atoms with Gasteiger partial charge in [0, 0.05) is 11.1 Å². The zero-order chi connectivity index (χ0) is 28.1. The van der Waals surface area contributed by atoms with Crippen LogP contribution in [0.4, 0.5) is 0 Å². The van der Waals surface area contributed by atoms with E-state index in [1.807, 2.05) is 6.07 Å². The van der Waals surface area contributed by atoms with E-state index in [9.17, 15) is 24.0 Å². The molecule has 2 aromatic rings. The Morgan fingerprint density at radius 3 is 1.92 bits per heavy atom. The van der Waals surface area contributed by atoms with Gasteiger partial charge in [0.15, 0.2) is 6.04 Å². The molecular formula is C26H28N2O10. The van der Waals surface area contributed by atoms with Gasteiger partial charge in [-0.25, -0.2) is 19.4 Å². The van der Waals surface area contributed by atoms with Crippen molar-refractivity contribution in [2.75, 3.05) is 28.4 Å². The maximum absolute atomic E-state index is 11.9. The summed E-state index contributed by atoms with van der Waals surface area (Å²) in [5.41, 5.74) is 1.07. The summed E-state index contributed by atoms with van der Waals surface area (Å²) in [5.74, 6) is -2.84. The second-order valence-corrected chi connectivity index (χ2v) is 7.53. The molecule has 12 heteroatoms. The Labute approximate surface area is 218 Å². The smallest absolute Gasteiger partial charge is 0.350 e. The fourth-order valence-corrected chi connectivity index (χ4v) is 3.14. The van der Waals surface area contributed by atoms with Gasteiger partial charge < -0.3 is 29.0 Å². The third-order valence-electron chi connectivity index (χ3n) is 5.10. The van der Waals surface area contributed by atoms with Gasteiger partial charge in [0.05, 0.1) is 34.9 Å². The van der Waals surface area contributed by atoms with Crippen molar-refractivity contribution in [1.82, 2.24) is 5.32 Å². The van der Waals surface area contributed by atoms with E-state index in [2.05, 4.69) is 29.3 Å². The summed E-state index contributed by atoms with van der Waals surface area (Å²) in [6.45, 7) is 0. The Kier molecular flexibility index (Phi) is 11.4. The van der Waals surface area contributed by atoms with Crippen molar-refractivity contribution < 1.29 is 47.7 Å². The monoisotopic (exact) mass is 528 g/mol. The number of esters is 4. The molecule has 1 heterocycles. The molecule has 0 unspecified atom stereocenters. The molecule has 0 spiro atoms. The van der Waals surface area contributed by atoms with Crippen LogP contribution in [0.5, 0.6) is 0 Å². The first kappa shape index (κ1) is 29.5. The quantitative estimate of drug-likeness (QED) is 0.388. The maximum Gasteiger partial charge on any atom is 0.350 e. The molecule has 0 saturated carbocycles. The number of carbonyl (C=O) groups is 5. The van der Waals surface area contributed by atoms with Crippen LogP contribution < -0.4 is 5.32 Å². The van der Waals surface area contributed by atoms with Crippen LogP contribution in [0.1, 0.15) is 22.3 Å². The lowest BCUT2D eigenvalue weighted by Crippen LogP contribution is -2.43. The highest BCUT2D eigenvalue weighted by Gasteiger charge is 2.43. The minimum Gasteiger partial charge on any atom is -0.469 e. The van der Waals surface area contributed by atoms with E-state index >= 15 is 0 Å². The third kappa shape index (κ3) is 8.15. The molecule has 3 rings (SSSR count).